The molecule has 0 aliphatic rings. The van der Waals surface area contributed by atoms with Crippen LogP contribution in [0.25, 0.3) is 6.08 Å². The van der Waals surface area contributed by atoms with Crippen molar-refractivity contribution < 1.29 is 9.53 Å². The van der Waals surface area contributed by atoms with Crippen LogP contribution < -0.4 is 5.73 Å². The largest absolute Gasteiger partial charge is 0.466 e. The van der Waals surface area contributed by atoms with Crippen molar-refractivity contribution in [2.24, 2.45) is 0 Å². The first-order valence-corrected chi connectivity index (χ1v) is 4.12. The number of nitrogen functional groups attached to an aromatic ring is 1. The Morgan fingerprint density at radius 3 is 2.86 bits per heavy atom. The van der Waals surface area contributed by atoms with Gasteiger partial charge in [-0.3, -0.25) is 0 Å². The minimum Gasteiger partial charge on any atom is -0.466 e. The first kappa shape index (κ1) is 10.2. The molecular formula is C10H12N2O2. The Hall–Kier alpha value is -1.84. The lowest BCUT2D eigenvalue weighted by Gasteiger charge is -1.99. The summed E-state index contributed by atoms with van der Waals surface area (Å²) < 4.78 is 4.46. The highest BCUT2D eigenvalue weighted by Gasteiger charge is 1.97. The number of rotatable bonds is 2. The van der Waals surface area contributed by atoms with Crippen LogP contribution in [0.5, 0.6) is 0 Å². The molecule has 1 heterocycles. The fraction of sp³-hybridized carbons (Fsp3) is 0.200. The lowest BCUT2D eigenvalue weighted by Crippen LogP contribution is -1.96. The monoisotopic (exact) mass is 192 g/mol. The lowest BCUT2D eigenvalue weighted by atomic mass is 10.2. The first-order valence-electron chi connectivity index (χ1n) is 4.12. The predicted molar refractivity (Wildman–Crippen MR) is 54.4 cm³/mol. The molecule has 0 aliphatic heterocycles. The Kier molecular flexibility index (Phi) is 3.23. The maximum atomic E-state index is 10.8. The van der Waals surface area contributed by atoms with Crippen molar-refractivity contribution in [3.05, 3.63) is 29.5 Å². The number of pyridine rings is 1. The van der Waals surface area contributed by atoms with E-state index in [2.05, 4.69) is 9.72 Å². The fourth-order valence-electron chi connectivity index (χ4n) is 0.993. The molecule has 1 aromatic rings. The molecule has 1 rings (SSSR count). The van der Waals surface area contributed by atoms with Gasteiger partial charge in [-0.1, -0.05) is 0 Å². The molecule has 14 heavy (non-hydrogen) atoms. The average Bonchev–Trinajstić information content (AvgIpc) is 2.16. The number of carbonyl (C=O) groups excluding carboxylic acids is 1. The number of methoxy groups -OCH3 is 1. The number of ether oxygens (including phenoxy) is 1. The molecule has 4 heteroatoms. The van der Waals surface area contributed by atoms with Crippen LogP contribution in [0, 0.1) is 6.92 Å². The molecule has 0 saturated carbocycles. The zero-order valence-corrected chi connectivity index (χ0v) is 8.15. The lowest BCUT2D eigenvalue weighted by molar-refractivity contribution is -0.134. The van der Waals surface area contributed by atoms with Gasteiger partial charge in [-0.15, -0.1) is 0 Å². The second-order valence-electron chi connectivity index (χ2n) is 2.77. The summed E-state index contributed by atoms with van der Waals surface area (Å²) in [6.45, 7) is 1.83. The van der Waals surface area contributed by atoms with Crippen LogP contribution in [0.15, 0.2) is 18.2 Å². The Balaban J connectivity index is 2.87. The van der Waals surface area contributed by atoms with E-state index >= 15 is 0 Å². The highest BCUT2D eigenvalue weighted by atomic mass is 16.5. The summed E-state index contributed by atoms with van der Waals surface area (Å²) in [4.78, 5) is 14.9. The summed E-state index contributed by atoms with van der Waals surface area (Å²) in [7, 11) is 1.33. The van der Waals surface area contributed by atoms with Crippen molar-refractivity contribution in [1.29, 1.82) is 0 Å². The molecule has 0 saturated heterocycles. The van der Waals surface area contributed by atoms with E-state index in [0.29, 0.717) is 5.82 Å². The van der Waals surface area contributed by atoms with Gasteiger partial charge in [-0.05, 0) is 30.7 Å². The highest BCUT2D eigenvalue weighted by Crippen LogP contribution is 2.09. The van der Waals surface area contributed by atoms with Gasteiger partial charge in [0, 0.05) is 11.8 Å². The molecule has 0 aliphatic carbocycles. The quantitative estimate of drug-likeness (QED) is 0.564. The number of carbonyl (C=O) groups is 1. The molecule has 0 atom stereocenters. The van der Waals surface area contributed by atoms with Crippen molar-refractivity contribution in [1.82, 2.24) is 4.98 Å². The molecule has 1 aromatic heterocycles. The zero-order valence-electron chi connectivity index (χ0n) is 8.15. The van der Waals surface area contributed by atoms with Crippen LogP contribution in [-0.2, 0) is 9.53 Å². The van der Waals surface area contributed by atoms with E-state index in [0.717, 1.165) is 11.3 Å². The van der Waals surface area contributed by atoms with E-state index in [1.807, 2.05) is 6.92 Å². The van der Waals surface area contributed by atoms with Crippen molar-refractivity contribution in [2.75, 3.05) is 12.8 Å². The van der Waals surface area contributed by atoms with E-state index in [1.165, 1.54) is 13.2 Å². The molecule has 0 spiro atoms. The van der Waals surface area contributed by atoms with Gasteiger partial charge in [0.05, 0.1) is 7.11 Å². The zero-order chi connectivity index (χ0) is 10.6. The summed E-state index contributed by atoms with van der Waals surface area (Å²) in [5.74, 6) is 0.0824. The summed E-state index contributed by atoms with van der Waals surface area (Å²) in [5.41, 5.74) is 7.12. The number of nitrogens with two attached hydrogens (primary N) is 1. The van der Waals surface area contributed by atoms with Gasteiger partial charge in [0.15, 0.2) is 0 Å². The van der Waals surface area contributed by atoms with Crippen LogP contribution in [0.2, 0.25) is 0 Å². The first-order chi connectivity index (χ1) is 6.63. The molecule has 2 N–H and O–H groups in total. The third-order valence-corrected chi connectivity index (χ3v) is 1.75. The molecule has 74 valence electrons. The van der Waals surface area contributed by atoms with Gasteiger partial charge in [-0.2, -0.15) is 0 Å². The van der Waals surface area contributed by atoms with Gasteiger partial charge in [0.1, 0.15) is 5.82 Å². The normalized spacial score (nSPS) is 10.4. The summed E-state index contributed by atoms with van der Waals surface area (Å²) >= 11 is 0. The van der Waals surface area contributed by atoms with Gasteiger partial charge >= 0.3 is 5.97 Å². The van der Waals surface area contributed by atoms with Crippen molar-refractivity contribution in [2.45, 2.75) is 6.92 Å². The van der Waals surface area contributed by atoms with Gasteiger partial charge in [0.2, 0.25) is 0 Å². The molecule has 0 fully saturated rings. The number of hydrogen-bond donors (Lipinski definition) is 1. The molecule has 0 amide bonds. The third-order valence-electron chi connectivity index (χ3n) is 1.75. The van der Waals surface area contributed by atoms with Crippen molar-refractivity contribution >= 4 is 17.9 Å². The highest BCUT2D eigenvalue weighted by molar-refractivity contribution is 5.87. The topological polar surface area (TPSA) is 65.2 Å². The SMILES string of the molecule is COC(=O)/C=C/c1ccc(N)nc1C. The van der Waals surface area contributed by atoms with Gasteiger partial charge in [-0.25, -0.2) is 9.78 Å². The maximum absolute atomic E-state index is 10.8. The Bertz CT molecular complexity index is 372. The van der Waals surface area contributed by atoms with Crippen molar-refractivity contribution in [3.8, 4) is 0 Å². The molecular weight excluding hydrogens is 180 g/mol. The standard InChI is InChI=1S/C10H12N2O2/c1-7-8(3-5-9(11)12-7)4-6-10(13)14-2/h3-6H,1-2H3,(H2,11,12)/b6-4+. The minimum absolute atomic E-state index is 0.388. The number of aryl methyl sites for hydroxylation is 1. The van der Waals surface area contributed by atoms with Crippen LogP contribution in [0.1, 0.15) is 11.3 Å². The number of hydrogen-bond acceptors (Lipinski definition) is 4. The van der Waals surface area contributed by atoms with E-state index in [1.54, 1.807) is 18.2 Å². The predicted octanol–water partition coefficient (Wildman–Crippen LogP) is 1.16. The Labute approximate surface area is 82.4 Å². The van der Waals surface area contributed by atoms with Crippen LogP contribution in [-0.4, -0.2) is 18.1 Å². The molecule has 0 bridgehead atoms. The molecule has 0 radical (unpaired) electrons. The Morgan fingerprint density at radius 1 is 1.57 bits per heavy atom. The summed E-state index contributed by atoms with van der Waals surface area (Å²) in [5, 5.41) is 0. The van der Waals surface area contributed by atoms with Crippen LogP contribution in [0.4, 0.5) is 5.82 Å². The molecule has 4 nitrogen and oxygen atoms in total. The second-order valence-corrected chi connectivity index (χ2v) is 2.77. The maximum Gasteiger partial charge on any atom is 0.330 e. The van der Waals surface area contributed by atoms with Crippen molar-refractivity contribution in [3.63, 3.8) is 0 Å². The molecule has 0 unspecified atom stereocenters. The number of nitrogens with zero attached hydrogens (tertiary/aromatic N) is 1. The molecule has 0 aromatic carbocycles. The van der Waals surface area contributed by atoms with E-state index in [-0.39, 0.29) is 5.97 Å². The smallest absolute Gasteiger partial charge is 0.330 e. The van der Waals surface area contributed by atoms with E-state index in [4.69, 9.17) is 5.73 Å². The fourth-order valence-corrected chi connectivity index (χ4v) is 0.993. The number of esters is 1. The average molecular weight is 192 g/mol. The summed E-state index contributed by atoms with van der Waals surface area (Å²) in [6, 6.07) is 3.49. The number of anilines is 1. The van der Waals surface area contributed by atoms with Gasteiger partial charge in [0.25, 0.3) is 0 Å². The second kappa shape index (κ2) is 4.41. The van der Waals surface area contributed by atoms with E-state index in [9.17, 15) is 4.79 Å². The third kappa shape index (κ3) is 2.58. The van der Waals surface area contributed by atoms with Crippen LogP contribution >= 0.6 is 0 Å². The summed E-state index contributed by atoms with van der Waals surface area (Å²) in [6.07, 6.45) is 2.99. The minimum atomic E-state index is -0.388. The Morgan fingerprint density at radius 2 is 2.29 bits per heavy atom. The van der Waals surface area contributed by atoms with E-state index < -0.39 is 0 Å². The number of aromatic nitrogens is 1. The van der Waals surface area contributed by atoms with Crippen LogP contribution in [0.3, 0.4) is 0 Å². The van der Waals surface area contributed by atoms with Gasteiger partial charge < -0.3 is 10.5 Å².